The van der Waals surface area contributed by atoms with Crippen LogP contribution in [0.4, 0.5) is 4.39 Å². The van der Waals surface area contributed by atoms with Gasteiger partial charge in [0.15, 0.2) is 0 Å². The summed E-state index contributed by atoms with van der Waals surface area (Å²) in [5.41, 5.74) is 7.30. The van der Waals surface area contributed by atoms with E-state index in [0.29, 0.717) is 5.92 Å². The number of rotatable bonds is 4. The first-order chi connectivity index (χ1) is 13.9. The van der Waals surface area contributed by atoms with Gasteiger partial charge in [0.1, 0.15) is 17.2 Å². The SMILES string of the molecule is CC1(C)c2nc(-c3ccc(F)cc3)cn2C=CN1C(=O)C(N)CC1CCCCC1. The Balaban J connectivity index is 1.54. The van der Waals surface area contributed by atoms with Gasteiger partial charge in [-0.1, -0.05) is 32.1 Å². The van der Waals surface area contributed by atoms with Crippen LogP contribution in [0.3, 0.4) is 0 Å². The molecule has 29 heavy (non-hydrogen) atoms. The van der Waals surface area contributed by atoms with Crippen LogP contribution in [0.5, 0.6) is 0 Å². The lowest BCUT2D eigenvalue weighted by molar-refractivity contribution is -0.135. The summed E-state index contributed by atoms with van der Waals surface area (Å²) in [6, 6.07) is 5.77. The maximum Gasteiger partial charge on any atom is 0.244 e. The van der Waals surface area contributed by atoms with E-state index in [1.54, 1.807) is 23.2 Å². The zero-order valence-electron chi connectivity index (χ0n) is 17.1. The van der Waals surface area contributed by atoms with Crippen molar-refractivity contribution < 1.29 is 9.18 Å². The minimum absolute atomic E-state index is 0.0607. The van der Waals surface area contributed by atoms with E-state index in [4.69, 9.17) is 10.7 Å². The normalized spacial score (nSPS) is 19.8. The van der Waals surface area contributed by atoms with Gasteiger partial charge in [-0.2, -0.15) is 0 Å². The van der Waals surface area contributed by atoms with E-state index in [-0.39, 0.29) is 11.7 Å². The lowest BCUT2D eigenvalue weighted by Crippen LogP contribution is -2.51. The molecule has 1 unspecified atom stereocenters. The molecular formula is C23H29FN4O. The van der Waals surface area contributed by atoms with Crippen LogP contribution in [0, 0.1) is 11.7 Å². The van der Waals surface area contributed by atoms with Crippen LogP contribution >= 0.6 is 0 Å². The standard InChI is InChI=1S/C23H29FN4O/c1-23(2)22-26-20(17-8-10-18(24)11-9-17)15-27(22)12-13-28(23)21(29)19(25)14-16-6-4-3-5-7-16/h8-13,15-16,19H,3-7,14,25H2,1-2H3. The molecule has 1 aromatic heterocycles. The summed E-state index contributed by atoms with van der Waals surface area (Å²) in [5, 5.41) is 0. The van der Waals surface area contributed by atoms with E-state index in [1.807, 2.05) is 30.8 Å². The molecule has 4 rings (SSSR count). The van der Waals surface area contributed by atoms with Crippen LogP contribution in [-0.4, -0.2) is 26.4 Å². The largest absolute Gasteiger partial charge is 0.320 e. The van der Waals surface area contributed by atoms with Gasteiger partial charge in [-0.3, -0.25) is 4.79 Å². The van der Waals surface area contributed by atoms with Gasteiger partial charge >= 0.3 is 0 Å². The van der Waals surface area contributed by atoms with Gasteiger partial charge < -0.3 is 15.2 Å². The minimum Gasteiger partial charge on any atom is -0.320 e. The fraction of sp³-hybridized carbons (Fsp3) is 0.478. The predicted octanol–water partition coefficient (Wildman–Crippen LogP) is 4.49. The zero-order chi connectivity index (χ0) is 20.6. The Hall–Kier alpha value is -2.47. The Morgan fingerprint density at radius 1 is 1.21 bits per heavy atom. The Kier molecular flexibility index (Phi) is 5.30. The minimum atomic E-state index is -0.631. The molecule has 0 saturated heterocycles. The second-order valence-corrected chi connectivity index (χ2v) is 8.78. The molecule has 1 aliphatic carbocycles. The summed E-state index contributed by atoms with van der Waals surface area (Å²) in [4.78, 5) is 19.7. The van der Waals surface area contributed by atoms with Crippen LogP contribution < -0.4 is 5.73 Å². The second-order valence-electron chi connectivity index (χ2n) is 8.78. The summed E-state index contributed by atoms with van der Waals surface area (Å²) in [6.45, 7) is 3.96. The summed E-state index contributed by atoms with van der Waals surface area (Å²) in [6.07, 6.45) is 12.4. The third-order valence-corrected chi connectivity index (χ3v) is 6.26. The molecule has 1 amide bonds. The van der Waals surface area contributed by atoms with Crippen molar-refractivity contribution in [3.05, 3.63) is 48.3 Å². The highest BCUT2D eigenvalue weighted by Crippen LogP contribution is 2.35. The molecule has 2 aromatic rings. The molecule has 1 aliphatic heterocycles. The van der Waals surface area contributed by atoms with E-state index < -0.39 is 11.6 Å². The quantitative estimate of drug-likeness (QED) is 0.828. The van der Waals surface area contributed by atoms with Crippen LogP contribution in [0.25, 0.3) is 17.5 Å². The van der Waals surface area contributed by atoms with Crippen molar-refractivity contribution in [2.24, 2.45) is 11.7 Å². The number of halogens is 1. The molecule has 2 aliphatic rings. The number of hydrogen-bond donors (Lipinski definition) is 1. The molecule has 0 bridgehead atoms. The number of hydrogen-bond acceptors (Lipinski definition) is 3. The number of carbonyl (C=O) groups is 1. The van der Waals surface area contributed by atoms with Crippen LogP contribution in [-0.2, 0) is 10.3 Å². The zero-order valence-corrected chi connectivity index (χ0v) is 17.1. The van der Waals surface area contributed by atoms with Crippen molar-refractivity contribution in [1.82, 2.24) is 14.5 Å². The van der Waals surface area contributed by atoms with Gasteiger partial charge in [-0.15, -0.1) is 0 Å². The fourth-order valence-corrected chi connectivity index (χ4v) is 4.56. The topological polar surface area (TPSA) is 64.2 Å². The van der Waals surface area contributed by atoms with E-state index in [2.05, 4.69) is 0 Å². The van der Waals surface area contributed by atoms with Crippen molar-refractivity contribution >= 4 is 12.1 Å². The monoisotopic (exact) mass is 396 g/mol. The summed E-state index contributed by atoms with van der Waals surface area (Å²) < 4.78 is 15.2. The van der Waals surface area contributed by atoms with Crippen molar-refractivity contribution in [2.75, 3.05) is 0 Å². The summed E-state index contributed by atoms with van der Waals surface area (Å²) in [7, 11) is 0. The molecule has 5 nitrogen and oxygen atoms in total. The van der Waals surface area contributed by atoms with Gasteiger partial charge in [0, 0.05) is 24.2 Å². The maximum absolute atomic E-state index is 13.2. The van der Waals surface area contributed by atoms with Crippen molar-refractivity contribution in [3.8, 4) is 11.3 Å². The average Bonchev–Trinajstić information content (AvgIpc) is 3.15. The Bertz CT molecular complexity index is 909. The van der Waals surface area contributed by atoms with Gasteiger partial charge in [0.25, 0.3) is 0 Å². The smallest absolute Gasteiger partial charge is 0.244 e. The van der Waals surface area contributed by atoms with Crippen LogP contribution in [0.15, 0.2) is 36.7 Å². The third-order valence-electron chi connectivity index (χ3n) is 6.26. The lowest BCUT2D eigenvalue weighted by Gasteiger charge is -2.39. The number of fused-ring (bicyclic) bond motifs is 1. The summed E-state index contributed by atoms with van der Waals surface area (Å²) in [5.74, 6) is 0.972. The molecule has 2 heterocycles. The first-order valence-corrected chi connectivity index (χ1v) is 10.5. The molecule has 0 radical (unpaired) electrons. The van der Waals surface area contributed by atoms with Gasteiger partial charge in [0.05, 0.1) is 11.7 Å². The van der Waals surface area contributed by atoms with Gasteiger partial charge in [-0.05, 0) is 50.5 Å². The number of imidazole rings is 1. The lowest BCUT2D eigenvalue weighted by atomic mass is 9.84. The first kappa shape index (κ1) is 19.8. The number of carbonyl (C=O) groups excluding carboxylic acids is 1. The number of nitrogens with zero attached hydrogens (tertiary/aromatic N) is 3. The number of nitrogens with two attached hydrogens (primary N) is 1. The molecule has 2 N–H and O–H groups in total. The van der Waals surface area contributed by atoms with E-state index in [1.165, 1.54) is 44.2 Å². The molecule has 1 aromatic carbocycles. The Morgan fingerprint density at radius 2 is 1.90 bits per heavy atom. The predicted molar refractivity (Wildman–Crippen MR) is 112 cm³/mol. The molecule has 1 saturated carbocycles. The molecule has 1 atom stereocenters. The summed E-state index contributed by atoms with van der Waals surface area (Å²) >= 11 is 0. The van der Waals surface area contributed by atoms with E-state index in [0.717, 1.165) is 23.5 Å². The molecule has 154 valence electrons. The van der Waals surface area contributed by atoms with Gasteiger partial charge in [0.2, 0.25) is 5.91 Å². The number of amides is 1. The first-order valence-electron chi connectivity index (χ1n) is 10.5. The average molecular weight is 397 g/mol. The van der Waals surface area contributed by atoms with E-state index >= 15 is 0 Å². The van der Waals surface area contributed by atoms with Crippen molar-refractivity contribution in [2.45, 2.75) is 64.0 Å². The second kappa shape index (κ2) is 7.75. The number of benzene rings is 1. The highest BCUT2D eigenvalue weighted by Gasteiger charge is 2.39. The fourth-order valence-electron chi connectivity index (χ4n) is 4.56. The van der Waals surface area contributed by atoms with E-state index in [9.17, 15) is 9.18 Å². The van der Waals surface area contributed by atoms with Crippen LogP contribution in [0.1, 0.15) is 58.2 Å². The molecular weight excluding hydrogens is 367 g/mol. The molecule has 1 fully saturated rings. The Morgan fingerprint density at radius 3 is 2.59 bits per heavy atom. The van der Waals surface area contributed by atoms with Crippen LogP contribution in [0.2, 0.25) is 0 Å². The number of aromatic nitrogens is 2. The highest BCUT2D eigenvalue weighted by molar-refractivity contribution is 5.84. The maximum atomic E-state index is 13.2. The van der Waals surface area contributed by atoms with Crippen molar-refractivity contribution in [1.29, 1.82) is 0 Å². The molecule has 0 spiro atoms. The Labute approximate surface area is 171 Å². The third kappa shape index (κ3) is 3.86. The van der Waals surface area contributed by atoms with Gasteiger partial charge in [-0.25, -0.2) is 9.37 Å². The molecule has 6 heteroatoms. The highest BCUT2D eigenvalue weighted by atomic mass is 19.1. The van der Waals surface area contributed by atoms with Crippen molar-refractivity contribution in [3.63, 3.8) is 0 Å².